The van der Waals surface area contributed by atoms with Crippen molar-refractivity contribution in [2.45, 2.75) is 25.6 Å². The van der Waals surface area contributed by atoms with Crippen LogP contribution < -0.4 is 0 Å². The fourth-order valence-electron chi connectivity index (χ4n) is 2.49. The molecule has 2 rings (SSSR count). The molecule has 0 aromatic rings. The van der Waals surface area contributed by atoms with E-state index in [-0.39, 0.29) is 0 Å². The molecule has 0 aromatic heterocycles. The molecule has 0 aromatic carbocycles. The monoisotopic (exact) mass is 228 g/mol. The highest BCUT2D eigenvalue weighted by molar-refractivity contribution is 4.98. The molecular formula is C12H24N2O2. The first kappa shape index (κ1) is 12.3. The molecule has 0 spiro atoms. The SMILES string of the molecule is CC(C)C1(O)CN(CC2CN(C)CCO2)C1. The third-order valence-corrected chi connectivity index (χ3v) is 3.87. The molecule has 0 radical (unpaired) electrons. The molecule has 2 saturated heterocycles. The van der Waals surface area contributed by atoms with Crippen LogP contribution in [0, 0.1) is 5.92 Å². The van der Waals surface area contributed by atoms with Crippen molar-refractivity contribution in [2.75, 3.05) is 46.4 Å². The number of morpholine rings is 1. The number of likely N-dealkylation sites (tertiary alicyclic amines) is 1. The van der Waals surface area contributed by atoms with Crippen LogP contribution in [0.3, 0.4) is 0 Å². The molecule has 16 heavy (non-hydrogen) atoms. The molecular weight excluding hydrogens is 204 g/mol. The first-order valence-corrected chi connectivity index (χ1v) is 6.24. The van der Waals surface area contributed by atoms with Gasteiger partial charge in [-0.2, -0.15) is 0 Å². The van der Waals surface area contributed by atoms with Crippen molar-refractivity contribution in [2.24, 2.45) is 5.92 Å². The first-order valence-electron chi connectivity index (χ1n) is 6.24. The number of ether oxygens (including phenoxy) is 1. The third kappa shape index (κ3) is 2.56. The number of β-amino-alcohol motifs (C(OH)–C–C–N with tert-alkyl or cyclic N) is 1. The summed E-state index contributed by atoms with van der Waals surface area (Å²) in [5.41, 5.74) is -0.458. The van der Waals surface area contributed by atoms with Gasteiger partial charge in [0, 0.05) is 32.7 Å². The fourth-order valence-corrected chi connectivity index (χ4v) is 2.49. The third-order valence-electron chi connectivity index (χ3n) is 3.87. The van der Waals surface area contributed by atoms with Crippen molar-refractivity contribution >= 4 is 0 Å². The molecule has 0 bridgehead atoms. The Morgan fingerprint density at radius 2 is 2.12 bits per heavy atom. The van der Waals surface area contributed by atoms with Gasteiger partial charge in [0.15, 0.2) is 0 Å². The molecule has 4 heteroatoms. The van der Waals surface area contributed by atoms with Gasteiger partial charge in [0.1, 0.15) is 0 Å². The average molecular weight is 228 g/mol. The Morgan fingerprint density at radius 3 is 2.69 bits per heavy atom. The molecule has 0 aliphatic carbocycles. The van der Waals surface area contributed by atoms with E-state index in [0.717, 1.165) is 39.3 Å². The van der Waals surface area contributed by atoms with E-state index < -0.39 is 5.60 Å². The fraction of sp³-hybridized carbons (Fsp3) is 1.00. The van der Waals surface area contributed by atoms with E-state index >= 15 is 0 Å². The maximum absolute atomic E-state index is 10.1. The number of aliphatic hydroxyl groups is 1. The zero-order valence-corrected chi connectivity index (χ0v) is 10.6. The summed E-state index contributed by atoms with van der Waals surface area (Å²) >= 11 is 0. The van der Waals surface area contributed by atoms with Crippen molar-refractivity contribution in [1.29, 1.82) is 0 Å². The molecule has 0 saturated carbocycles. The van der Waals surface area contributed by atoms with Crippen LogP contribution in [-0.4, -0.2) is 73.0 Å². The van der Waals surface area contributed by atoms with Crippen molar-refractivity contribution in [3.05, 3.63) is 0 Å². The largest absolute Gasteiger partial charge is 0.387 e. The van der Waals surface area contributed by atoms with E-state index in [2.05, 4.69) is 30.7 Å². The summed E-state index contributed by atoms with van der Waals surface area (Å²) in [6.45, 7) is 9.61. The summed E-state index contributed by atoms with van der Waals surface area (Å²) in [7, 11) is 2.14. The quantitative estimate of drug-likeness (QED) is 0.739. The van der Waals surface area contributed by atoms with E-state index in [0.29, 0.717) is 12.0 Å². The lowest BCUT2D eigenvalue weighted by Crippen LogP contribution is -2.66. The Labute approximate surface area is 98.2 Å². The molecule has 1 unspecified atom stereocenters. The molecule has 2 aliphatic rings. The standard InChI is InChI=1S/C12H24N2O2/c1-10(2)12(15)8-14(9-12)7-11-6-13(3)4-5-16-11/h10-11,15H,4-9H2,1-3H3. The first-order chi connectivity index (χ1) is 7.49. The predicted molar refractivity (Wildman–Crippen MR) is 63.5 cm³/mol. The van der Waals surface area contributed by atoms with Crippen LogP contribution in [0.4, 0.5) is 0 Å². The number of nitrogens with zero attached hydrogens (tertiary/aromatic N) is 2. The molecule has 1 atom stereocenters. The van der Waals surface area contributed by atoms with Crippen molar-refractivity contribution < 1.29 is 9.84 Å². The Morgan fingerprint density at radius 1 is 1.44 bits per heavy atom. The minimum atomic E-state index is -0.458. The van der Waals surface area contributed by atoms with Crippen LogP contribution in [0.15, 0.2) is 0 Å². The van der Waals surface area contributed by atoms with Crippen molar-refractivity contribution in [3.63, 3.8) is 0 Å². The van der Waals surface area contributed by atoms with Gasteiger partial charge in [0.2, 0.25) is 0 Å². The minimum absolute atomic E-state index is 0.315. The number of hydrogen-bond donors (Lipinski definition) is 1. The zero-order chi connectivity index (χ0) is 11.8. The van der Waals surface area contributed by atoms with Gasteiger partial charge in [-0.25, -0.2) is 0 Å². The van der Waals surface area contributed by atoms with E-state index in [1.54, 1.807) is 0 Å². The summed E-state index contributed by atoms with van der Waals surface area (Å²) in [4.78, 5) is 4.60. The number of hydrogen-bond acceptors (Lipinski definition) is 4. The van der Waals surface area contributed by atoms with Gasteiger partial charge < -0.3 is 14.7 Å². The number of likely N-dealkylation sites (N-methyl/N-ethyl adjacent to an activating group) is 1. The second-order valence-electron chi connectivity index (χ2n) is 5.68. The smallest absolute Gasteiger partial charge is 0.0922 e. The van der Waals surface area contributed by atoms with Gasteiger partial charge in [-0.3, -0.25) is 4.90 Å². The highest BCUT2D eigenvalue weighted by Gasteiger charge is 2.44. The van der Waals surface area contributed by atoms with Crippen LogP contribution >= 0.6 is 0 Å². The lowest BCUT2D eigenvalue weighted by atomic mass is 9.83. The van der Waals surface area contributed by atoms with Gasteiger partial charge in [-0.15, -0.1) is 0 Å². The van der Waals surface area contributed by atoms with Crippen LogP contribution in [0.1, 0.15) is 13.8 Å². The summed E-state index contributed by atoms with van der Waals surface area (Å²) in [6, 6.07) is 0. The van der Waals surface area contributed by atoms with Crippen LogP contribution in [0.2, 0.25) is 0 Å². The van der Waals surface area contributed by atoms with Crippen molar-refractivity contribution in [3.8, 4) is 0 Å². The van der Waals surface area contributed by atoms with Crippen molar-refractivity contribution in [1.82, 2.24) is 9.80 Å². The van der Waals surface area contributed by atoms with Gasteiger partial charge in [-0.05, 0) is 13.0 Å². The summed E-state index contributed by atoms with van der Waals surface area (Å²) in [5, 5.41) is 10.1. The highest BCUT2D eigenvalue weighted by Crippen LogP contribution is 2.28. The van der Waals surface area contributed by atoms with Crippen LogP contribution in [-0.2, 0) is 4.74 Å². The van der Waals surface area contributed by atoms with Gasteiger partial charge in [-0.1, -0.05) is 13.8 Å². The van der Waals surface area contributed by atoms with E-state index in [9.17, 15) is 5.11 Å². The zero-order valence-electron chi connectivity index (χ0n) is 10.6. The molecule has 2 aliphatic heterocycles. The normalized spacial score (nSPS) is 31.7. The summed E-state index contributed by atoms with van der Waals surface area (Å²) < 4.78 is 5.72. The minimum Gasteiger partial charge on any atom is -0.387 e. The summed E-state index contributed by atoms with van der Waals surface area (Å²) in [5.74, 6) is 0.346. The van der Waals surface area contributed by atoms with Gasteiger partial charge >= 0.3 is 0 Å². The molecule has 4 nitrogen and oxygen atoms in total. The second kappa shape index (κ2) is 4.61. The maximum Gasteiger partial charge on any atom is 0.0922 e. The topological polar surface area (TPSA) is 35.9 Å². The molecule has 2 fully saturated rings. The lowest BCUT2D eigenvalue weighted by Gasteiger charge is -2.50. The van der Waals surface area contributed by atoms with Gasteiger partial charge in [0.25, 0.3) is 0 Å². The number of rotatable bonds is 3. The molecule has 0 amide bonds. The Kier molecular flexibility index (Phi) is 3.54. The Hall–Kier alpha value is -0.160. The maximum atomic E-state index is 10.1. The molecule has 1 N–H and O–H groups in total. The van der Waals surface area contributed by atoms with E-state index in [1.807, 2.05) is 0 Å². The van der Waals surface area contributed by atoms with E-state index in [4.69, 9.17) is 4.74 Å². The molecule has 2 heterocycles. The highest BCUT2D eigenvalue weighted by atomic mass is 16.5. The van der Waals surface area contributed by atoms with Gasteiger partial charge in [0.05, 0.1) is 18.3 Å². The van der Waals surface area contributed by atoms with E-state index in [1.165, 1.54) is 0 Å². The average Bonchev–Trinajstić information content (AvgIpc) is 2.14. The Balaban J connectivity index is 1.73. The molecule has 94 valence electrons. The summed E-state index contributed by atoms with van der Waals surface area (Å²) in [6.07, 6.45) is 0.315. The second-order valence-corrected chi connectivity index (χ2v) is 5.68. The predicted octanol–water partition coefficient (Wildman–Crippen LogP) is 0.0197. The van der Waals surface area contributed by atoms with Crippen LogP contribution in [0.5, 0.6) is 0 Å². The lowest BCUT2D eigenvalue weighted by molar-refractivity contribution is -0.145. The Bertz CT molecular complexity index is 239. The van der Waals surface area contributed by atoms with Crippen LogP contribution in [0.25, 0.3) is 0 Å².